The van der Waals surface area contributed by atoms with Gasteiger partial charge in [0.05, 0.1) is 16.8 Å². The summed E-state index contributed by atoms with van der Waals surface area (Å²) in [4.78, 5) is 0. The average Bonchev–Trinajstić information content (AvgIpc) is 3.60. The molecular formula is C45H32N2. The van der Waals surface area contributed by atoms with Crippen molar-refractivity contribution in [2.24, 2.45) is 0 Å². The second-order valence-corrected chi connectivity index (χ2v) is 13.1. The van der Waals surface area contributed by atoms with Crippen molar-refractivity contribution in [2.75, 3.05) is 10.6 Å². The van der Waals surface area contributed by atoms with Crippen LogP contribution in [0.5, 0.6) is 0 Å². The molecule has 0 saturated heterocycles. The van der Waals surface area contributed by atoms with Crippen LogP contribution in [-0.4, -0.2) is 0 Å². The Labute approximate surface area is 275 Å². The zero-order valence-corrected chi connectivity index (χ0v) is 26.1. The number of benzene rings is 7. The Bertz CT molecular complexity index is 2370. The van der Waals surface area contributed by atoms with E-state index in [1.165, 1.54) is 77.9 Å². The molecule has 0 aromatic heterocycles. The molecule has 47 heavy (non-hydrogen) atoms. The number of aryl methyl sites for hydroxylation is 1. The van der Waals surface area contributed by atoms with Gasteiger partial charge in [0, 0.05) is 17.8 Å². The van der Waals surface area contributed by atoms with Gasteiger partial charge in [-0.15, -0.1) is 0 Å². The van der Waals surface area contributed by atoms with Crippen molar-refractivity contribution in [3.63, 3.8) is 0 Å². The molecule has 10 rings (SSSR count). The third kappa shape index (κ3) is 3.67. The summed E-state index contributed by atoms with van der Waals surface area (Å²) in [7, 11) is 0. The fourth-order valence-corrected chi connectivity index (χ4v) is 8.51. The first kappa shape index (κ1) is 26.4. The number of nitrogens with one attached hydrogen (secondary N) is 2. The summed E-state index contributed by atoms with van der Waals surface area (Å²) in [5.74, 6) is 0. The van der Waals surface area contributed by atoms with E-state index in [9.17, 15) is 0 Å². The summed E-state index contributed by atoms with van der Waals surface area (Å²) in [6.45, 7) is 2.98. The Kier molecular flexibility index (Phi) is 5.51. The van der Waals surface area contributed by atoms with Crippen LogP contribution in [0.2, 0.25) is 0 Å². The number of hydrogen-bond donors (Lipinski definition) is 2. The first-order valence-corrected chi connectivity index (χ1v) is 16.5. The standard InChI is InChI=1S/C45H32N2/c1-28-18-21-35-36-22-19-30(26-41(36)45(40(35)24-28)38-14-6-4-12-33(38)34-13-5-7-15-39(34)45)29-20-23-42-37(25-29)32-11-3-2-10-31(32)27-46-43-16-8-9-17-44(43)47-42/h2-26,46-47H,27H2,1H3. The monoisotopic (exact) mass is 600 g/mol. The zero-order chi connectivity index (χ0) is 31.1. The summed E-state index contributed by atoms with van der Waals surface area (Å²) in [5.41, 5.74) is 21.3. The van der Waals surface area contributed by atoms with E-state index in [1.807, 2.05) is 0 Å². The van der Waals surface area contributed by atoms with Crippen molar-refractivity contribution in [1.82, 2.24) is 0 Å². The number of anilines is 3. The Hall–Kier alpha value is -5.86. The van der Waals surface area contributed by atoms with Gasteiger partial charge in [0.25, 0.3) is 0 Å². The maximum Gasteiger partial charge on any atom is 0.0725 e. The summed E-state index contributed by atoms with van der Waals surface area (Å²) in [5, 5.41) is 7.43. The van der Waals surface area contributed by atoms with Crippen molar-refractivity contribution in [3.8, 4) is 44.5 Å². The highest BCUT2D eigenvalue weighted by atomic mass is 15.0. The molecule has 1 heterocycles. The largest absolute Gasteiger partial charge is 0.379 e. The molecule has 222 valence electrons. The van der Waals surface area contributed by atoms with E-state index in [0.29, 0.717) is 0 Å². The molecule has 7 aromatic carbocycles. The van der Waals surface area contributed by atoms with Crippen LogP contribution in [0.25, 0.3) is 44.5 Å². The molecule has 0 unspecified atom stereocenters. The minimum Gasteiger partial charge on any atom is -0.379 e. The molecule has 2 aliphatic carbocycles. The van der Waals surface area contributed by atoms with E-state index in [2.05, 4.69) is 169 Å². The predicted octanol–water partition coefficient (Wildman–Crippen LogP) is 11.3. The molecule has 3 aliphatic rings. The van der Waals surface area contributed by atoms with Gasteiger partial charge in [0.2, 0.25) is 0 Å². The van der Waals surface area contributed by atoms with E-state index in [-0.39, 0.29) is 5.41 Å². The first-order valence-electron chi connectivity index (χ1n) is 16.5. The van der Waals surface area contributed by atoms with Crippen LogP contribution in [0.4, 0.5) is 17.1 Å². The van der Waals surface area contributed by atoms with Crippen LogP contribution in [0, 0.1) is 6.92 Å². The fourth-order valence-electron chi connectivity index (χ4n) is 8.51. The van der Waals surface area contributed by atoms with Crippen molar-refractivity contribution < 1.29 is 0 Å². The van der Waals surface area contributed by atoms with Crippen molar-refractivity contribution in [1.29, 1.82) is 0 Å². The molecular weight excluding hydrogens is 569 g/mol. The Morgan fingerprint density at radius 2 is 1.00 bits per heavy atom. The summed E-state index contributed by atoms with van der Waals surface area (Å²) in [6, 6.07) is 56.4. The molecule has 0 atom stereocenters. The van der Waals surface area contributed by atoms with Gasteiger partial charge >= 0.3 is 0 Å². The highest BCUT2D eigenvalue weighted by Crippen LogP contribution is 2.63. The van der Waals surface area contributed by atoms with Gasteiger partial charge in [0.1, 0.15) is 0 Å². The second-order valence-electron chi connectivity index (χ2n) is 13.1. The molecule has 0 amide bonds. The summed E-state index contributed by atoms with van der Waals surface area (Å²) < 4.78 is 0. The van der Waals surface area contributed by atoms with Gasteiger partial charge in [0.15, 0.2) is 0 Å². The second kappa shape index (κ2) is 9.82. The molecule has 2 nitrogen and oxygen atoms in total. The molecule has 2 heteroatoms. The Morgan fingerprint density at radius 1 is 0.426 bits per heavy atom. The van der Waals surface area contributed by atoms with Crippen LogP contribution in [0.3, 0.4) is 0 Å². The van der Waals surface area contributed by atoms with Gasteiger partial charge in [-0.3, -0.25) is 0 Å². The predicted molar refractivity (Wildman–Crippen MR) is 195 cm³/mol. The summed E-state index contributed by atoms with van der Waals surface area (Å²) in [6.07, 6.45) is 0. The third-order valence-corrected chi connectivity index (χ3v) is 10.6. The zero-order valence-electron chi connectivity index (χ0n) is 26.1. The maximum absolute atomic E-state index is 3.76. The lowest BCUT2D eigenvalue weighted by Gasteiger charge is -2.31. The molecule has 7 aromatic rings. The summed E-state index contributed by atoms with van der Waals surface area (Å²) >= 11 is 0. The van der Waals surface area contributed by atoms with Crippen LogP contribution in [0.1, 0.15) is 33.4 Å². The van der Waals surface area contributed by atoms with Crippen LogP contribution in [0.15, 0.2) is 152 Å². The van der Waals surface area contributed by atoms with Gasteiger partial charge in [-0.25, -0.2) is 0 Å². The molecule has 1 aliphatic heterocycles. The minimum atomic E-state index is -0.356. The minimum absolute atomic E-state index is 0.356. The molecule has 0 radical (unpaired) electrons. The first-order chi connectivity index (χ1) is 23.2. The van der Waals surface area contributed by atoms with Gasteiger partial charge in [-0.2, -0.15) is 0 Å². The highest BCUT2D eigenvalue weighted by Gasteiger charge is 2.51. The molecule has 1 spiro atoms. The lowest BCUT2D eigenvalue weighted by molar-refractivity contribution is 0.793. The third-order valence-electron chi connectivity index (χ3n) is 10.6. The smallest absolute Gasteiger partial charge is 0.0725 e. The van der Waals surface area contributed by atoms with E-state index >= 15 is 0 Å². The molecule has 2 N–H and O–H groups in total. The van der Waals surface area contributed by atoms with Crippen molar-refractivity contribution in [3.05, 3.63) is 185 Å². The quantitative estimate of drug-likeness (QED) is 0.196. The lowest BCUT2D eigenvalue weighted by atomic mass is 9.70. The Morgan fingerprint density at radius 3 is 1.79 bits per heavy atom. The van der Waals surface area contributed by atoms with Gasteiger partial charge in [-0.1, -0.05) is 127 Å². The lowest BCUT2D eigenvalue weighted by Crippen LogP contribution is -2.26. The van der Waals surface area contributed by atoms with Gasteiger partial charge < -0.3 is 10.6 Å². The van der Waals surface area contributed by atoms with Crippen molar-refractivity contribution in [2.45, 2.75) is 18.9 Å². The SMILES string of the molecule is Cc1ccc2c(c1)C1(c3ccccc3-c3ccccc31)c1cc(-c3ccc4c(c3)-c3ccccc3CNc3ccccc3N4)ccc1-2. The Balaban J connectivity index is 1.21. The van der Waals surface area contributed by atoms with E-state index < -0.39 is 0 Å². The number of hydrogen-bond acceptors (Lipinski definition) is 2. The average molecular weight is 601 g/mol. The maximum atomic E-state index is 3.76. The highest BCUT2D eigenvalue weighted by molar-refractivity contribution is 5.97. The van der Waals surface area contributed by atoms with E-state index in [4.69, 9.17) is 0 Å². The normalized spacial score (nSPS) is 14.1. The molecule has 0 bridgehead atoms. The van der Waals surface area contributed by atoms with E-state index in [1.54, 1.807) is 0 Å². The van der Waals surface area contributed by atoms with Crippen molar-refractivity contribution >= 4 is 17.1 Å². The van der Waals surface area contributed by atoms with Gasteiger partial charge in [-0.05, 0) is 104 Å². The topological polar surface area (TPSA) is 24.1 Å². The molecule has 0 fully saturated rings. The fraction of sp³-hybridized carbons (Fsp3) is 0.0667. The van der Waals surface area contributed by atoms with E-state index in [0.717, 1.165) is 23.6 Å². The number of fused-ring (bicyclic) bond motifs is 14. The van der Waals surface area contributed by atoms with Crippen LogP contribution >= 0.6 is 0 Å². The van der Waals surface area contributed by atoms with Crippen LogP contribution in [-0.2, 0) is 12.0 Å². The molecule has 0 saturated carbocycles. The number of para-hydroxylation sites is 2. The van der Waals surface area contributed by atoms with Crippen LogP contribution < -0.4 is 10.6 Å². The number of rotatable bonds is 1.